The van der Waals surface area contributed by atoms with Crippen LogP contribution in [0.4, 0.5) is 0 Å². The van der Waals surface area contributed by atoms with Gasteiger partial charge < -0.3 is 4.52 Å². The van der Waals surface area contributed by atoms with Crippen LogP contribution in [-0.2, 0) is 24.1 Å². The third-order valence-corrected chi connectivity index (χ3v) is 6.87. The van der Waals surface area contributed by atoms with Gasteiger partial charge in [-0.3, -0.25) is 20.4 Å². The minimum absolute atomic E-state index is 0.234. The Labute approximate surface area is 170 Å². The molecule has 3 rings (SSSR count). The van der Waals surface area contributed by atoms with E-state index >= 15 is 0 Å². The molecule has 152 valence electrons. The third-order valence-electron chi connectivity index (χ3n) is 5.63. The average molecular weight is 404 g/mol. The fourth-order valence-electron chi connectivity index (χ4n) is 3.72. The summed E-state index contributed by atoms with van der Waals surface area (Å²) >= 11 is 1.54. The minimum Gasteiger partial charge on any atom is -0.361 e. The predicted octanol–water partition coefficient (Wildman–Crippen LogP) is 3.90. The average Bonchev–Trinajstić information content (AvgIpc) is 3.20. The number of hydrogen-bond acceptors (Lipinski definition) is 5. The first-order chi connectivity index (χ1) is 13.1. The molecule has 0 bridgehead atoms. The van der Waals surface area contributed by atoms with Gasteiger partial charge in [0.1, 0.15) is 5.76 Å². The number of aryl methyl sites for hydroxylation is 3. The lowest BCUT2D eigenvalue weighted by molar-refractivity contribution is -0.121. The smallest absolute Gasteiger partial charge is 0.279 e. The number of thiophene rings is 1. The summed E-state index contributed by atoms with van der Waals surface area (Å²) in [4.78, 5) is 26.5. The number of fused-ring (bicyclic) bond motifs is 1. The van der Waals surface area contributed by atoms with Crippen molar-refractivity contribution in [2.45, 2.75) is 66.7 Å². The third kappa shape index (κ3) is 4.63. The van der Waals surface area contributed by atoms with Crippen molar-refractivity contribution in [3.63, 3.8) is 0 Å². The number of rotatable bonds is 4. The van der Waals surface area contributed by atoms with Crippen molar-refractivity contribution in [3.8, 4) is 0 Å². The van der Waals surface area contributed by atoms with Crippen molar-refractivity contribution in [1.29, 1.82) is 0 Å². The highest BCUT2D eigenvalue weighted by Gasteiger charge is 2.30. The Bertz CT molecular complexity index is 857. The Morgan fingerprint density at radius 1 is 1.29 bits per heavy atom. The van der Waals surface area contributed by atoms with E-state index in [4.69, 9.17) is 4.52 Å². The fourth-order valence-corrected chi connectivity index (χ4v) is 4.83. The molecule has 0 aliphatic heterocycles. The second-order valence-corrected chi connectivity index (χ2v) is 9.81. The quantitative estimate of drug-likeness (QED) is 0.759. The monoisotopic (exact) mass is 403 g/mol. The maximum atomic E-state index is 12.4. The summed E-state index contributed by atoms with van der Waals surface area (Å²) in [6.45, 7) is 10.5. The molecule has 2 heterocycles. The molecule has 2 amide bonds. The van der Waals surface area contributed by atoms with E-state index in [1.165, 1.54) is 21.8 Å². The van der Waals surface area contributed by atoms with Crippen LogP contribution < -0.4 is 10.9 Å². The van der Waals surface area contributed by atoms with Crippen molar-refractivity contribution in [3.05, 3.63) is 38.4 Å². The van der Waals surface area contributed by atoms with E-state index in [9.17, 15) is 9.59 Å². The van der Waals surface area contributed by atoms with Crippen molar-refractivity contribution in [2.75, 3.05) is 0 Å². The van der Waals surface area contributed by atoms with Gasteiger partial charge in [0, 0.05) is 16.9 Å². The first-order valence-electron chi connectivity index (χ1n) is 9.77. The highest BCUT2D eigenvalue weighted by molar-refractivity contribution is 7.14. The van der Waals surface area contributed by atoms with Crippen LogP contribution in [0.15, 0.2) is 10.6 Å². The first kappa shape index (κ1) is 20.6. The van der Waals surface area contributed by atoms with Gasteiger partial charge in [0.2, 0.25) is 5.91 Å². The summed E-state index contributed by atoms with van der Waals surface area (Å²) in [6.07, 6.45) is 4.00. The van der Waals surface area contributed by atoms with Crippen LogP contribution in [0.1, 0.15) is 70.7 Å². The number of carbonyl (C=O) groups is 2. The molecule has 1 unspecified atom stereocenters. The molecule has 28 heavy (non-hydrogen) atoms. The van der Waals surface area contributed by atoms with Crippen molar-refractivity contribution < 1.29 is 14.1 Å². The van der Waals surface area contributed by atoms with Gasteiger partial charge >= 0.3 is 0 Å². The Morgan fingerprint density at radius 3 is 2.68 bits per heavy atom. The van der Waals surface area contributed by atoms with E-state index in [0.717, 1.165) is 36.3 Å². The molecule has 0 aromatic carbocycles. The van der Waals surface area contributed by atoms with Gasteiger partial charge in [0.25, 0.3) is 5.91 Å². The van der Waals surface area contributed by atoms with E-state index in [2.05, 4.69) is 36.8 Å². The zero-order valence-corrected chi connectivity index (χ0v) is 18.1. The first-order valence-corrected chi connectivity index (χ1v) is 10.6. The van der Waals surface area contributed by atoms with Crippen LogP contribution in [-0.4, -0.2) is 17.0 Å². The molecule has 2 aromatic heterocycles. The highest BCUT2D eigenvalue weighted by atomic mass is 32.1. The number of aromatic nitrogens is 1. The predicted molar refractivity (Wildman–Crippen MR) is 109 cm³/mol. The van der Waals surface area contributed by atoms with Gasteiger partial charge in [-0.25, -0.2) is 0 Å². The van der Waals surface area contributed by atoms with Crippen molar-refractivity contribution in [2.24, 2.45) is 11.3 Å². The largest absolute Gasteiger partial charge is 0.361 e. The lowest BCUT2D eigenvalue weighted by atomic mass is 9.72. The molecule has 0 radical (unpaired) electrons. The molecule has 6 nitrogen and oxygen atoms in total. The number of hydrazine groups is 1. The molecular formula is C21H29N3O3S. The molecule has 0 spiro atoms. The van der Waals surface area contributed by atoms with Crippen LogP contribution in [0.2, 0.25) is 0 Å². The SMILES string of the molecule is Cc1noc(C)c1CCC(=O)NNC(=O)c1cc2c(s1)CCC(C(C)(C)C)C2. The normalized spacial score (nSPS) is 16.5. The van der Waals surface area contributed by atoms with Crippen molar-refractivity contribution >= 4 is 23.2 Å². The van der Waals surface area contributed by atoms with Gasteiger partial charge in [0.05, 0.1) is 10.6 Å². The van der Waals surface area contributed by atoms with Crippen LogP contribution in [0.25, 0.3) is 0 Å². The zero-order valence-electron chi connectivity index (χ0n) is 17.3. The standard InChI is InChI=1S/C21H29N3O3S/c1-12-16(13(2)27-24-12)7-9-19(25)22-23-20(26)18-11-14-10-15(21(3,4)5)6-8-17(14)28-18/h11,15H,6-10H2,1-5H3,(H,22,25)(H,23,26). The van der Waals surface area contributed by atoms with E-state index in [1.54, 1.807) is 0 Å². The Morgan fingerprint density at radius 2 is 2.04 bits per heavy atom. The second-order valence-electron chi connectivity index (χ2n) is 8.67. The maximum Gasteiger partial charge on any atom is 0.279 e. The summed E-state index contributed by atoms with van der Waals surface area (Å²) in [7, 11) is 0. The summed E-state index contributed by atoms with van der Waals surface area (Å²) in [5.74, 6) is 0.876. The minimum atomic E-state index is -0.252. The molecule has 1 aliphatic rings. The van der Waals surface area contributed by atoms with Crippen LogP contribution in [0.3, 0.4) is 0 Å². The molecule has 1 atom stereocenters. The summed E-state index contributed by atoms with van der Waals surface area (Å²) in [5.41, 5.74) is 8.36. The number of nitrogens with one attached hydrogen (secondary N) is 2. The molecule has 7 heteroatoms. The second kappa shape index (κ2) is 8.07. The molecule has 0 fully saturated rings. The van der Waals surface area contributed by atoms with E-state index < -0.39 is 0 Å². The lowest BCUT2D eigenvalue weighted by Crippen LogP contribution is -2.41. The lowest BCUT2D eigenvalue weighted by Gasteiger charge is -2.33. The summed E-state index contributed by atoms with van der Waals surface area (Å²) in [5, 5.41) is 3.89. The molecule has 1 aliphatic carbocycles. The topological polar surface area (TPSA) is 84.2 Å². The number of hydrogen-bond donors (Lipinski definition) is 2. The number of nitrogens with zero attached hydrogens (tertiary/aromatic N) is 1. The van der Waals surface area contributed by atoms with E-state index in [-0.39, 0.29) is 23.7 Å². The molecular weight excluding hydrogens is 374 g/mol. The van der Waals surface area contributed by atoms with E-state index in [0.29, 0.717) is 17.2 Å². The Balaban J connectivity index is 1.52. The Hall–Kier alpha value is -2.15. The van der Waals surface area contributed by atoms with Crippen LogP contribution >= 0.6 is 11.3 Å². The van der Waals surface area contributed by atoms with Crippen molar-refractivity contribution in [1.82, 2.24) is 16.0 Å². The van der Waals surface area contributed by atoms with Gasteiger partial charge in [-0.15, -0.1) is 11.3 Å². The molecule has 0 saturated carbocycles. The maximum absolute atomic E-state index is 12.4. The van der Waals surface area contributed by atoms with E-state index in [1.807, 2.05) is 19.9 Å². The molecule has 2 N–H and O–H groups in total. The number of carbonyl (C=O) groups excluding carboxylic acids is 2. The van der Waals surface area contributed by atoms with Crippen LogP contribution in [0, 0.1) is 25.2 Å². The van der Waals surface area contributed by atoms with Crippen LogP contribution in [0.5, 0.6) is 0 Å². The zero-order chi connectivity index (χ0) is 20.5. The number of amides is 2. The molecule has 2 aromatic rings. The fraction of sp³-hybridized carbons (Fsp3) is 0.571. The van der Waals surface area contributed by atoms with Gasteiger partial charge in [-0.2, -0.15) is 0 Å². The summed E-state index contributed by atoms with van der Waals surface area (Å²) < 4.78 is 5.10. The van der Waals surface area contributed by atoms with Gasteiger partial charge in [-0.05, 0) is 62.5 Å². The van der Waals surface area contributed by atoms with Gasteiger partial charge in [-0.1, -0.05) is 25.9 Å². The molecule has 0 saturated heterocycles. The highest BCUT2D eigenvalue weighted by Crippen LogP contribution is 2.40. The summed E-state index contributed by atoms with van der Waals surface area (Å²) in [6, 6.07) is 1.99. The Kier molecular flexibility index (Phi) is 5.93. The van der Waals surface area contributed by atoms with Gasteiger partial charge in [0.15, 0.2) is 0 Å².